The third kappa shape index (κ3) is 1.77. The molecule has 2 bridgehead atoms. The molecule has 1 aromatic rings. The molecule has 2 saturated heterocycles. The van der Waals surface area contributed by atoms with Crippen molar-refractivity contribution in [1.29, 1.82) is 5.26 Å². The van der Waals surface area contributed by atoms with Gasteiger partial charge in [0.2, 0.25) is 0 Å². The van der Waals surface area contributed by atoms with E-state index >= 15 is 0 Å². The number of rotatable bonds is 1. The molecule has 6 heteroatoms. The lowest BCUT2D eigenvalue weighted by Gasteiger charge is -2.36. The molecule has 5 nitrogen and oxygen atoms in total. The van der Waals surface area contributed by atoms with Crippen molar-refractivity contribution in [2.45, 2.75) is 41.8 Å². The van der Waals surface area contributed by atoms with Crippen LogP contribution in [0.2, 0.25) is 0 Å². The highest BCUT2D eigenvalue weighted by atomic mass is 32.2. The molecule has 2 aliphatic heterocycles. The van der Waals surface area contributed by atoms with Gasteiger partial charge >= 0.3 is 0 Å². The molecule has 0 aliphatic carbocycles. The van der Waals surface area contributed by atoms with Crippen LogP contribution in [0.1, 0.15) is 36.9 Å². The van der Waals surface area contributed by atoms with Crippen LogP contribution in [0.15, 0.2) is 18.3 Å². The van der Waals surface area contributed by atoms with Crippen molar-refractivity contribution in [3.63, 3.8) is 0 Å². The minimum Gasteiger partial charge on any atom is -0.385 e. The summed E-state index contributed by atoms with van der Waals surface area (Å²) in [6, 6.07) is 5.30. The highest BCUT2D eigenvalue weighted by molar-refractivity contribution is 7.93. The average molecular weight is 278 g/mol. The van der Waals surface area contributed by atoms with Crippen molar-refractivity contribution >= 4 is 9.84 Å². The second kappa shape index (κ2) is 4.02. The lowest BCUT2D eigenvalue weighted by molar-refractivity contribution is 0.0167. The first kappa shape index (κ1) is 12.6. The third-order valence-electron chi connectivity index (χ3n) is 4.29. The minimum atomic E-state index is -3.09. The summed E-state index contributed by atoms with van der Waals surface area (Å²) in [7, 11) is -3.09. The van der Waals surface area contributed by atoms with Gasteiger partial charge in [0.05, 0.1) is 16.1 Å². The molecule has 2 fully saturated rings. The molecule has 2 unspecified atom stereocenters. The van der Waals surface area contributed by atoms with E-state index in [1.807, 2.05) is 6.07 Å². The Morgan fingerprint density at radius 3 is 2.58 bits per heavy atom. The van der Waals surface area contributed by atoms with Crippen LogP contribution in [-0.4, -0.2) is 29.0 Å². The van der Waals surface area contributed by atoms with Crippen molar-refractivity contribution in [2.24, 2.45) is 0 Å². The lowest BCUT2D eigenvalue weighted by Crippen LogP contribution is -2.43. The molecular weight excluding hydrogens is 264 g/mol. The lowest BCUT2D eigenvalue weighted by atomic mass is 9.85. The van der Waals surface area contributed by atoms with Gasteiger partial charge in [-0.2, -0.15) is 5.26 Å². The number of pyridine rings is 1. The third-order valence-corrected chi connectivity index (χ3v) is 6.95. The van der Waals surface area contributed by atoms with Crippen molar-refractivity contribution in [3.05, 3.63) is 29.6 Å². The fourth-order valence-corrected chi connectivity index (χ4v) is 5.82. The van der Waals surface area contributed by atoms with E-state index in [2.05, 4.69) is 4.98 Å². The summed E-state index contributed by atoms with van der Waals surface area (Å²) >= 11 is 0. The molecule has 0 radical (unpaired) electrons. The van der Waals surface area contributed by atoms with Gasteiger partial charge in [0.1, 0.15) is 11.8 Å². The number of nitrogens with zero attached hydrogens (tertiary/aromatic N) is 2. The van der Waals surface area contributed by atoms with Crippen molar-refractivity contribution in [3.8, 4) is 6.07 Å². The Kier molecular flexibility index (Phi) is 2.66. The summed E-state index contributed by atoms with van der Waals surface area (Å²) in [6.07, 6.45) is 3.06. The molecule has 0 spiro atoms. The van der Waals surface area contributed by atoms with Crippen LogP contribution in [0, 0.1) is 11.3 Å². The van der Waals surface area contributed by atoms with Gasteiger partial charge in [-0.1, -0.05) is 6.07 Å². The Hall–Kier alpha value is -1.45. The number of aliphatic hydroxyl groups is 1. The Labute approximate surface area is 111 Å². The zero-order valence-electron chi connectivity index (χ0n) is 10.3. The monoisotopic (exact) mass is 278 g/mol. The molecule has 100 valence electrons. The summed E-state index contributed by atoms with van der Waals surface area (Å²) < 4.78 is 24.1. The number of nitriles is 1. The van der Waals surface area contributed by atoms with E-state index in [0.29, 0.717) is 18.4 Å². The number of aromatic nitrogens is 1. The van der Waals surface area contributed by atoms with E-state index in [-0.39, 0.29) is 18.5 Å². The van der Waals surface area contributed by atoms with E-state index in [9.17, 15) is 13.5 Å². The summed E-state index contributed by atoms with van der Waals surface area (Å²) in [4.78, 5) is 3.95. The fourth-order valence-electron chi connectivity index (χ4n) is 3.34. The summed E-state index contributed by atoms with van der Waals surface area (Å²) in [6.45, 7) is 0. The van der Waals surface area contributed by atoms with Crippen LogP contribution in [0.3, 0.4) is 0 Å². The van der Waals surface area contributed by atoms with Crippen LogP contribution in [0.5, 0.6) is 0 Å². The Bertz CT molecular complexity index is 643. The number of fused-ring (bicyclic) bond motifs is 2. The van der Waals surface area contributed by atoms with E-state index in [1.165, 1.54) is 6.20 Å². The molecule has 19 heavy (non-hydrogen) atoms. The Morgan fingerprint density at radius 2 is 2.00 bits per heavy atom. The molecular formula is C13H14N2O3S. The predicted molar refractivity (Wildman–Crippen MR) is 67.8 cm³/mol. The topological polar surface area (TPSA) is 91.0 Å². The van der Waals surface area contributed by atoms with E-state index in [4.69, 9.17) is 5.26 Å². The van der Waals surface area contributed by atoms with Gasteiger partial charge in [-0.25, -0.2) is 13.4 Å². The molecule has 0 amide bonds. The van der Waals surface area contributed by atoms with Gasteiger partial charge in [-0.3, -0.25) is 0 Å². The predicted octanol–water partition coefficient (Wildman–Crippen LogP) is 0.880. The molecule has 1 aromatic heterocycles. The SMILES string of the molecule is N#Cc1ncccc1C1(O)CC2CCC(C1)S2(=O)=O. The average Bonchev–Trinajstić information content (AvgIpc) is 2.57. The van der Waals surface area contributed by atoms with Crippen molar-refractivity contribution in [2.75, 3.05) is 0 Å². The molecule has 1 N–H and O–H groups in total. The van der Waals surface area contributed by atoms with Crippen LogP contribution in [0.4, 0.5) is 0 Å². The standard InChI is InChI=1S/C13H14N2O3S/c14-8-12-11(2-1-5-15-12)13(16)6-9-3-4-10(7-13)19(9,17)18/h1-2,5,9-10,16H,3-4,6-7H2. The maximum absolute atomic E-state index is 12.1. The van der Waals surface area contributed by atoms with Crippen LogP contribution >= 0.6 is 0 Å². The molecule has 3 heterocycles. The zero-order chi connectivity index (χ0) is 13.7. The van der Waals surface area contributed by atoms with Gasteiger partial charge in [-0.15, -0.1) is 0 Å². The second-order valence-corrected chi connectivity index (χ2v) is 7.87. The summed E-state index contributed by atoms with van der Waals surface area (Å²) in [5.41, 5.74) is -0.593. The molecule has 3 rings (SSSR count). The van der Waals surface area contributed by atoms with Gasteiger partial charge in [0.15, 0.2) is 9.84 Å². The molecule has 0 aromatic carbocycles. The first-order valence-electron chi connectivity index (χ1n) is 6.28. The van der Waals surface area contributed by atoms with Crippen LogP contribution in [0.25, 0.3) is 0 Å². The van der Waals surface area contributed by atoms with Gasteiger partial charge in [0, 0.05) is 11.8 Å². The minimum absolute atomic E-state index is 0.173. The molecule has 2 aliphatic rings. The maximum Gasteiger partial charge on any atom is 0.156 e. The summed E-state index contributed by atoms with van der Waals surface area (Å²) in [5.74, 6) is 0. The number of hydrogen-bond acceptors (Lipinski definition) is 5. The second-order valence-electron chi connectivity index (χ2n) is 5.36. The van der Waals surface area contributed by atoms with Gasteiger partial charge in [0.25, 0.3) is 0 Å². The number of sulfone groups is 1. The first-order valence-corrected chi connectivity index (χ1v) is 7.89. The largest absolute Gasteiger partial charge is 0.385 e. The van der Waals surface area contributed by atoms with E-state index in [1.54, 1.807) is 12.1 Å². The molecule has 0 saturated carbocycles. The Morgan fingerprint density at radius 1 is 1.37 bits per heavy atom. The highest BCUT2D eigenvalue weighted by Gasteiger charge is 2.53. The van der Waals surface area contributed by atoms with E-state index in [0.717, 1.165) is 0 Å². The van der Waals surface area contributed by atoms with Crippen molar-refractivity contribution < 1.29 is 13.5 Å². The van der Waals surface area contributed by atoms with Crippen molar-refractivity contribution in [1.82, 2.24) is 4.98 Å². The number of hydrogen-bond donors (Lipinski definition) is 1. The molecule has 2 atom stereocenters. The zero-order valence-corrected chi connectivity index (χ0v) is 11.1. The fraction of sp³-hybridized carbons (Fsp3) is 0.538. The van der Waals surface area contributed by atoms with Crippen LogP contribution < -0.4 is 0 Å². The first-order chi connectivity index (χ1) is 8.97. The van der Waals surface area contributed by atoms with E-state index < -0.39 is 25.9 Å². The normalized spacial score (nSPS) is 35.8. The Balaban J connectivity index is 2.05. The quantitative estimate of drug-likeness (QED) is 0.823. The highest BCUT2D eigenvalue weighted by Crippen LogP contribution is 2.47. The van der Waals surface area contributed by atoms with Gasteiger partial charge in [-0.05, 0) is 31.7 Å². The maximum atomic E-state index is 12.1. The smallest absolute Gasteiger partial charge is 0.156 e. The van der Waals surface area contributed by atoms with Crippen LogP contribution in [-0.2, 0) is 15.4 Å². The van der Waals surface area contributed by atoms with Gasteiger partial charge < -0.3 is 5.11 Å². The summed E-state index contributed by atoms with van der Waals surface area (Å²) in [5, 5.41) is 18.9.